The maximum atomic E-state index is 11.5. The molecule has 0 spiro atoms. The van der Waals surface area contributed by atoms with Gasteiger partial charge in [0.15, 0.2) is 0 Å². The van der Waals surface area contributed by atoms with Gasteiger partial charge in [-0.15, -0.1) is 0 Å². The van der Waals surface area contributed by atoms with Gasteiger partial charge >= 0.3 is 5.97 Å². The first-order valence-corrected chi connectivity index (χ1v) is 5.98. The third-order valence-electron chi connectivity index (χ3n) is 3.00. The summed E-state index contributed by atoms with van der Waals surface area (Å²) in [5.41, 5.74) is -0.0672. The Hall–Kier alpha value is -0.570. The highest BCUT2D eigenvalue weighted by atomic mass is 16.5. The zero-order valence-electron chi connectivity index (χ0n) is 10.6. The zero-order valence-corrected chi connectivity index (χ0v) is 10.6. The topological polar surface area (TPSA) is 38.3 Å². The summed E-state index contributed by atoms with van der Waals surface area (Å²) >= 11 is 0. The Bertz CT molecular complexity index is 176. The monoisotopic (exact) mass is 215 g/mol. The molecule has 0 aliphatic rings. The summed E-state index contributed by atoms with van der Waals surface area (Å²) in [5, 5.41) is 3.29. The molecule has 0 saturated heterocycles. The van der Waals surface area contributed by atoms with Crippen LogP contribution in [0.4, 0.5) is 0 Å². The molecule has 0 radical (unpaired) electrons. The predicted molar refractivity (Wildman–Crippen MR) is 62.9 cm³/mol. The molecule has 0 aromatic heterocycles. The molecule has 3 nitrogen and oxygen atoms in total. The largest absolute Gasteiger partial charge is 0.466 e. The van der Waals surface area contributed by atoms with Crippen LogP contribution < -0.4 is 5.32 Å². The van der Waals surface area contributed by atoms with Crippen molar-refractivity contribution in [3.8, 4) is 0 Å². The number of ether oxygens (including phenoxy) is 1. The summed E-state index contributed by atoms with van der Waals surface area (Å²) in [5.74, 6) is -0.0928. The Kier molecular flexibility index (Phi) is 7.39. The van der Waals surface area contributed by atoms with E-state index >= 15 is 0 Å². The Morgan fingerprint density at radius 3 is 2.40 bits per heavy atom. The molecule has 0 aliphatic carbocycles. The summed E-state index contributed by atoms with van der Waals surface area (Å²) in [6.45, 7) is 6.60. The molecule has 90 valence electrons. The number of unbranched alkanes of at least 4 members (excludes halogenated alkanes) is 1. The lowest BCUT2D eigenvalue weighted by atomic mass is 9.86. The molecular formula is C12H25NO2. The van der Waals surface area contributed by atoms with Gasteiger partial charge in [-0.2, -0.15) is 0 Å². The van der Waals surface area contributed by atoms with Gasteiger partial charge < -0.3 is 10.1 Å². The van der Waals surface area contributed by atoms with Crippen LogP contribution in [0.15, 0.2) is 0 Å². The lowest BCUT2D eigenvalue weighted by Crippen LogP contribution is -2.44. The summed E-state index contributed by atoms with van der Waals surface area (Å²) in [6.07, 6.45) is 4.78. The van der Waals surface area contributed by atoms with Gasteiger partial charge in [-0.05, 0) is 26.8 Å². The van der Waals surface area contributed by atoms with E-state index in [2.05, 4.69) is 19.2 Å². The average Bonchev–Trinajstić information content (AvgIpc) is 2.25. The molecule has 0 rings (SSSR count). The summed E-state index contributed by atoms with van der Waals surface area (Å²) < 4.78 is 5.00. The van der Waals surface area contributed by atoms with Crippen molar-refractivity contribution in [2.45, 2.75) is 58.4 Å². The fourth-order valence-corrected chi connectivity index (χ4v) is 1.78. The van der Waals surface area contributed by atoms with Gasteiger partial charge in [-0.3, -0.25) is 4.79 Å². The van der Waals surface area contributed by atoms with Crippen LogP contribution in [-0.4, -0.2) is 25.2 Å². The molecule has 0 aromatic rings. The van der Waals surface area contributed by atoms with Crippen molar-refractivity contribution in [2.75, 3.05) is 13.7 Å². The van der Waals surface area contributed by atoms with Gasteiger partial charge in [0.2, 0.25) is 0 Å². The zero-order chi connectivity index (χ0) is 11.7. The molecule has 1 atom stereocenters. The molecule has 0 amide bonds. The van der Waals surface area contributed by atoms with Gasteiger partial charge in [-0.25, -0.2) is 0 Å². The fourth-order valence-electron chi connectivity index (χ4n) is 1.78. The number of esters is 1. The van der Waals surface area contributed by atoms with E-state index in [4.69, 9.17) is 4.74 Å². The van der Waals surface area contributed by atoms with Crippen LogP contribution in [0.5, 0.6) is 0 Å². The van der Waals surface area contributed by atoms with E-state index in [9.17, 15) is 4.79 Å². The number of hydrogen-bond acceptors (Lipinski definition) is 3. The van der Waals surface area contributed by atoms with E-state index in [0.29, 0.717) is 13.0 Å². The Balaban J connectivity index is 4.27. The minimum absolute atomic E-state index is 0.0672. The van der Waals surface area contributed by atoms with E-state index < -0.39 is 0 Å². The summed E-state index contributed by atoms with van der Waals surface area (Å²) in [6, 6.07) is 0. The van der Waals surface area contributed by atoms with Gasteiger partial charge in [0.1, 0.15) is 0 Å². The van der Waals surface area contributed by atoms with Crippen LogP contribution >= 0.6 is 0 Å². The van der Waals surface area contributed by atoms with Gasteiger partial charge in [-0.1, -0.05) is 26.7 Å². The highest BCUT2D eigenvalue weighted by Crippen LogP contribution is 2.22. The van der Waals surface area contributed by atoms with Crippen molar-refractivity contribution >= 4 is 5.97 Å². The van der Waals surface area contributed by atoms with Crippen molar-refractivity contribution < 1.29 is 9.53 Å². The van der Waals surface area contributed by atoms with Crippen LogP contribution in [0.2, 0.25) is 0 Å². The number of rotatable bonds is 8. The molecule has 15 heavy (non-hydrogen) atoms. The first kappa shape index (κ1) is 14.4. The average molecular weight is 215 g/mol. The SMILES string of the molecule is CCCCC(CC)(CC(=O)OCC)NC. The van der Waals surface area contributed by atoms with Gasteiger partial charge in [0.25, 0.3) is 0 Å². The second-order valence-electron chi connectivity index (χ2n) is 3.97. The Morgan fingerprint density at radius 1 is 1.33 bits per heavy atom. The van der Waals surface area contributed by atoms with Crippen molar-refractivity contribution in [3.05, 3.63) is 0 Å². The molecule has 1 N–H and O–H groups in total. The molecule has 0 heterocycles. The van der Waals surface area contributed by atoms with Crippen LogP contribution in [0.25, 0.3) is 0 Å². The molecule has 0 fully saturated rings. The normalized spacial score (nSPS) is 14.7. The second-order valence-corrected chi connectivity index (χ2v) is 3.97. The number of hydrogen-bond donors (Lipinski definition) is 1. The third kappa shape index (κ3) is 5.17. The van der Waals surface area contributed by atoms with Crippen LogP contribution in [0, 0.1) is 0 Å². The minimum Gasteiger partial charge on any atom is -0.466 e. The highest BCUT2D eigenvalue weighted by molar-refractivity contribution is 5.70. The maximum Gasteiger partial charge on any atom is 0.307 e. The number of carbonyl (C=O) groups is 1. The van der Waals surface area contributed by atoms with E-state index in [0.717, 1.165) is 25.7 Å². The van der Waals surface area contributed by atoms with Crippen LogP contribution in [-0.2, 0) is 9.53 Å². The predicted octanol–water partition coefficient (Wildman–Crippen LogP) is 2.50. The molecule has 0 aliphatic heterocycles. The standard InChI is InChI=1S/C12H25NO2/c1-5-8-9-12(6-2,13-4)10-11(14)15-7-3/h13H,5-10H2,1-4H3. The van der Waals surface area contributed by atoms with Crippen LogP contribution in [0.1, 0.15) is 52.9 Å². The first-order chi connectivity index (χ1) is 7.14. The number of carbonyl (C=O) groups excluding carboxylic acids is 1. The third-order valence-corrected chi connectivity index (χ3v) is 3.00. The Morgan fingerprint density at radius 2 is 2.00 bits per heavy atom. The molecular weight excluding hydrogens is 190 g/mol. The van der Waals surface area contributed by atoms with Crippen LogP contribution in [0.3, 0.4) is 0 Å². The fraction of sp³-hybridized carbons (Fsp3) is 0.917. The lowest BCUT2D eigenvalue weighted by Gasteiger charge is -2.31. The molecule has 1 unspecified atom stereocenters. The van der Waals surface area contributed by atoms with E-state index in [-0.39, 0.29) is 11.5 Å². The first-order valence-electron chi connectivity index (χ1n) is 5.98. The van der Waals surface area contributed by atoms with Crippen molar-refractivity contribution in [3.63, 3.8) is 0 Å². The van der Waals surface area contributed by atoms with E-state index in [1.807, 2.05) is 14.0 Å². The molecule has 3 heteroatoms. The molecule has 0 bridgehead atoms. The van der Waals surface area contributed by atoms with Crippen molar-refractivity contribution in [1.82, 2.24) is 5.32 Å². The smallest absolute Gasteiger partial charge is 0.307 e. The van der Waals surface area contributed by atoms with E-state index in [1.54, 1.807) is 0 Å². The van der Waals surface area contributed by atoms with Gasteiger partial charge in [0, 0.05) is 5.54 Å². The summed E-state index contributed by atoms with van der Waals surface area (Å²) in [4.78, 5) is 11.5. The number of nitrogens with one attached hydrogen (secondary N) is 1. The second kappa shape index (κ2) is 7.69. The maximum absolute atomic E-state index is 11.5. The summed E-state index contributed by atoms with van der Waals surface area (Å²) in [7, 11) is 1.93. The van der Waals surface area contributed by atoms with Crippen molar-refractivity contribution in [1.29, 1.82) is 0 Å². The molecule has 0 aromatic carbocycles. The van der Waals surface area contributed by atoms with E-state index in [1.165, 1.54) is 0 Å². The van der Waals surface area contributed by atoms with Gasteiger partial charge in [0.05, 0.1) is 13.0 Å². The molecule has 0 saturated carbocycles. The van der Waals surface area contributed by atoms with Crippen molar-refractivity contribution in [2.24, 2.45) is 0 Å². The lowest BCUT2D eigenvalue weighted by molar-refractivity contribution is -0.145. The highest BCUT2D eigenvalue weighted by Gasteiger charge is 2.28. The Labute approximate surface area is 93.6 Å². The minimum atomic E-state index is -0.0928. The quantitative estimate of drug-likeness (QED) is 0.632.